The summed E-state index contributed by atoms with van der Waals surface area (Å²) in [5.74, 6) is 0. The Morgan fingerprint density at radius 2 is 2.12 bits per heavy atom. The van der Waals surface area contributed by atoms with Crippen molar-refractivity contribution >= 4 is 38.6 Å². The van der Waals surface area contributed by atoms with E-state index in [2.05, 4.69) is 4.83 Å². The van der Waals surface area contributed by atoms with E-state index >= 15 is 0 Å². The third-order valence-electron chi connectivity index (χ3n) is 1.41. The summed E-state index contributed by atoms with van der Waals surface area (Å²) in [6.07, 6.45) is 0. The van der Waals surface area contributed by atoms with Crippen LogP contribution in [0.5, 0.6) is 0 Å². The highest BCUT2D eigenvalue weighted by Crippen LogP contribution is 2.35. The molecule has 0 amide bonds. The third kappa shape index (κ3) is 2.89. The number of hydrazine groups is 1. The lowest BCUT2D eigenvalue weighted by Crippen LogP contribution is -2.35. The zero-order chi connectivity index (χ0) is 12.5. The van der Waals surface area contributed by atoms with Crippen molar-refractivity contribution in [2.24, 2.45) is 0 Å². The van der Waals surface area contributed by atoms with Crippen molar-refractivity contribution in [3.8, 4) is 0 Å². The third-order valence-corrected chi connectivity index (χ3v) is 4.70. The number of hydrogen-bond donors (Lipinski definition) is 1. The Bertz CT molecular complexity index is 510. The number of sulfonamides is 1. The molecule has 0 bridgehead atoms. The van der Waals surface area contributed by atoms with E-state index in [0.29, 0.717) is 11.3 Å². The van der Waals surface area contributed by atoms with Crippen molar-refractivity contribution in [2.45, 2.75) is 4.21 Å². The van der Waals surface area contributed by atoms with Crippen LogP contribution in [0, 0.1) is 10.1 Å². The Labute approximate surface area is 101 Å². The SMILES string of the molecule is CN(C)NS(=O)(=O)c1cc([N+](=O)[O-])c(Cl)s1. The molecule has 1 N–H and O–H groups in total. The van der Waals surface area contributed by atoms with Crippen molar-refractivity contribution in [3.05, 3.63) is 20.5 Å². The summed E-state index contributed by atoms with van der Waals surface area (Å²) < 4.78 is 22.9. The molecule has 0 aliphatic carbocycles. The van der Waals surface area contributed by atoms with Crippen LogP contribution in [0.25, 0.3) is 0 Å². The van der Waals surface area contributed by atoms with Crippen LogP contribution >= 0.6 is 22.9 Å². The fraction of sp³-hybridized carbons (Fsp3) is 0.333. The largest absolute Gasteiger partial charge is 0.300 e. The minimum atomic E-state index is -3.79. The molecule has 10 heteroatoms. The van der Waals surface area contributed by atoms with E-state index in [9.17, 15) is 18.5 Å². The standard InChI is InChI=1S/C6H8ClN3O4S2/c1-9(2)8-16(13,14)5-3-4(10(11)12)6(7)15-5/h3,8H,1-2H3. The van der Waals surface area contributed by atoms with Gasteiger partial charge in [-0.1, -0.05) is 11.6 Å². The first-order chi connectivity index (χ1) is 7.24. The minimum absolute atomic E-state index is 0.163. The molecule has 0 fully saturated rings. The van der Waals surface area contributed by atoms with Crippen molar-refractivity contribution < 1.29 is 13.3 Å². The fourth-order valence-corrected chi connectivity index (χ4v) is 3.61. The van der Waals surface area contributed by atoms with Gasteiger partial charge in [-0.3, -0.25) is 10.1 Å². The van der Waals surface area contributed by atoms with E-state index in [-0.39, 0.29) is 8.55 Å². The number of thiophene rings is 1. The topological polar surface area (TPSA) is 92.6 Å². The Kier molecular flexibility index (Phi) is 3.86. The molecule has 0 aromatic carbocycles. The normalized spacial score (nSPS) is 12.0. The maximum atomic E-state index is 11.6. The first-order valence-electron chi connectivity index (χ1n) is 3.87. The van der Waals surface area contributed by atoms with Crippen LogP contribution in [0.3, 0.4) is 0 Å². The molecule has 0 aliphatic rings. The van der Waals surface area contributed by atoms with Gasteiger partial charge in [-0.05, 0) is 0 Å². The predicted molar refractivity (Wildman–Crippen MR) is 60.0 cm³/mol. The van der Waals surface area contributed by atoms with Gasteiger partial charge in [-0.25, -0.2) is 13.4 Å². The van der Waals surface area contributed by atoms with Crippen molar-refractivity contribution in [2.75, 3.05) is 14.1 Å². The quantitative estimate of drug-likeness (QED) is 0.660. The Morgan fingerprint density at radius 3 is 2.50 bits per heavy atom. The molecule has 1 rings (SSSR count). The minimum Gasteiger partial charge on any atom is -0.258 e. The highest BCUT2D eigenvalue weighted by Gasteiger charge is 2.25. The van der Waals surface area contributed by atoms with E-state index in [1.54, 1.807) is 0 Å². The number of rotatable bonds is 4. The van der Waals surface area contributed by atoms with Gasteiger partial charge in [0.05, 0.1) is 4.92 Å². The van der Waals surface area contributed by atoms with Gasteiger partial charge in [0.25, 0.3) is 15.7 Å². The second-order valence-corrected chi connectivity index (χ2v) is 6.51. The summed E-state index contributed by atoms with van der Waals surface area (Å²) in [5.41, 5.74) is -0.411. The molecule has 16 heavy (non-hydrogen) atoms. The molecule has 0 atom stereocenters. The van der Waals surface area contributed by atoms with Gasteiger partial charge in [0.2, 0.25) is 0 Å². The van der Waals surface area contributed by atoms with E-state index in [0.717, 1.165) is 6.07 Å². The summed E-state index contributed by atoms with van der Waals surface area (Å²) in [6.45, 7) is 0. The molecule has 1 aromatic heterocycles. The summed E-state index contributed by atoms with van der Waals surface area (Å²) >= 11 is 6.19. The molecular formula is C6H8ClN3O4S2. The first-order valence-corrected chi connectivity index (χ1v) is 6.55. The van der Waals surface area contributed by atoms with Crippen LogP contribution in [0.1, 0.15) is 0 Å². The first kappa shape index (κ1) is 13.3. The average Bonchev–Trinajstić information content (AvgIpc) is 2.45. The number of nitro groups is 1. The van der Waals surface area contributed by atoms with E-state index < -0.39 is 20.6 Å². The van der Waals surface area contributed by atoms with Crippen molar-refractivity contribution in [1.29, 1.82) is 0 Å². The zero-order valence-electron chi connectivity index (χ0n) is 8.30. The Morgan fingerprint density at radius 1 is 1.56 bits per heavy atom. The van der Waals surface area contributed by atoms with Crippen LogP contribution in [-0.4, -0.2) is 32.4 Å². The molecule has 0 saturated heterocycles. The van der Waals surface area contributed by atoms with E-state index in [1.165, 1.54) is 19.1 Å². The van der Waals surface area contributed by atoms with Crippen LogP contribution < -0.4 is 4.83 Å². The van der Waals surface area contributed by atoms with Gasteiger partial charge >= 0.3 is 0 Å². The highest BCUT2D eigenvalue weighted by atomic mass is 35.5. The lowest BCUT2D eigenvalue weighted by molar-refractivity contribution is -0.384. The molecule has 1 aromatic rings. The maximum absolute atomic E-state index is 11.6. The van der Waals surface area contributed by atoms with E-state index in [1.807, 2.05) is 0 Å². The number of nitrogens with one attached hydrogen (secondary N) is 1. The van der Waals surface area contributed by atoms with Gasteiger partial charge in [0.1, 0.15) is 4.21 Å². The van der Waals surface area contributed by atoms with Gasteiger partial charge in [-0.15, -0.1) is 16.2 Å². The molecule has 0 unspecified atom stereocenters. The smallest absolute Gasteiger partial charge is 0.258 e. The molecule has 1 heterocycles. The molecule has 0 spiro atoms. The van der Waals surface area contributed by atoms with Crippen molar-refractivity contribution in [3.63, 3.8) is 0 Å². The number of halogens is 1. The summed E-state index contributed by atoms with van der Waals surface area (Å²) in [4.78, 5) is 11.9. The zero-order valence-corrected chi connectivity index (χ0v) is 10.7. The average molecular weight is 286 g/mol. The lowest BCUT2D eigenvalue weighted by Gasteiger charge is -2.10. The predicted octanol–water partition coefficient (Wildman–Crippen LogP) is 1.06. The van der Waals surface area contributed by atoms with E-state index in [4.69, 9.17) is 11.6 Å². The highest BCUT2D eigenvalue weighted by molar-refractivity contribution is 7.91. The van der Waals surface area contributed by atoms with Gasteiger partial charge < -0.3 is 0 Å². The maximum Gasteiger partial charge on any atom is 0.300 e. The molecule has 90 valence electrons. The van der Waals surface area contributed by atoms with Gasteiger partial charge in [0.15, 0.2) is 4.34 Å². The van der Waals surface area contributed by atoms with Crippen molar-refractivity contribution in [1.82, 2.24) is 9.84 Å². The molecule has 7 nitrogen and oxygen atoms in total. The van der Waals surface area contributed by atoms with Crippen LogP contribution in [0.4, 0.5) is 5.69 Å². The Balaban J connectivity index is 3.15. The summed E-state index contributed by atoms with van der Waals surface area (Å²) in [7, 11) is -0.815. The Hall–Kier alpha value is -0.740. The fourth-order valence-electron chi connectivity index (χ4n) is 0.881. The number of hydrogen-bond acceptors (Lipinski definition) is 6. The summed E-state index contributed by atoms with van der Waals surface area (Å²) in [5, 5.41) is 11.7. The lowest BCUT2D eigenvalue weighted by atomic mass is 10.6. The molecule has 0 aliphatic heterocycles. The van der Waals surface area contributed by atoms with Gasteiger partial charge in [0, 0.05) is 20.2 Å². The second-order valence-electron chi connectivity index (χ2n) is 2.97. The number of nitrogens with zero attached hydrogens (tertiary/aromatic N) is 2. The monoisotopic (exact) mass is 285 g/mol. The molecule has 0 saturated carbocycles. The van der Waals surface area contributed by atoms with Crippen LogP contribution in [0.15, 0.2) is 10.3 Å². The summed E-state index contributed by atoms with van der Waals surface area (Å²) in [6, 6.07) is 0.929. The molecule has 0 radical (unpaired) electrons. The van der Waals surface area contributed by atoms with Crippen LogP contribution in [-0.2, 0) is 10.0 Å². The van der Waals surface area contributed by atoms with Crippen LogP contribution in [0.2, 0.25) is 4.34 Å². The molecular weight excluding hydrogens is 278 g/mol. The second kappa shape index (κ2) is 4.63. The van der Waals surface area contributed by atoms with Gasteiger partial charge in [-0.2, -0.15) is 0 Å².